The lowest BCUT2D eigenvalue weighted by Gasteiger charge is -2.37. The molecule has 0 fully saturated rings. The van der Waals surface area contributed by atoms with Crippen molar-refractivity contribution in [3.8, 4) is 0 Å². The monoisotopic (exact) mass is 497 g/mol. The Hall–Kier alpha value is -2.66. The summed E-state index contributed by atoms with van der Waals surface area (Å²) in [5.41, 5.74) is 17.4. The maximum atomic E-state index is 13.2. The largest absolute Gasteiger partial charge is 0.424 e. The lowest BCUT2D eigenvalue weighted by atomic mass is 9.87. The van der Waals surface area contributed by atoms with Gasteiger partial charge in [-0.05, 0) is 24.8 Å². The molecule has 0 radical (unpaired) electrons. The molecular formula is C24H43N5O6. The van der Waals surface area contributed by atoms with Gasteiger partial charge in [0.25, 0.3) is 0 Å². The smallest absolute Gasteiger partial charge is 0.336 e. The number of nitrogens with one attached hydrogen (secondary N) is 1. The number of carbonyl (C=O) groups is 3. The van der Waals surface area contributed by atoms with Crippen LogP contribution in [0.3, 0.4) is 0 Å². The first-order chi connectivity index (χ1) is 16.3. The molecule has 0 bridgehead atoms. The topological polar surface area (TPSA) is 181 Å². The summed E-state index contributed by atoms with van der Waals surface area (Å²) in [7, 11) is 0. The lowest BCUT2D eigenvalue weighted by Crippen LogP contribution is -2.54. The Morgan fingerprint density at radius 3 is 2.14 bits per heavy atom. The summed E-state index contributed by atoms with van der Waals surface area (Å²) in [6.07, 6.45) is 1.28. The number of guanidine groups is 1. The van der Waals surface area contributed by atoms with Crippen LogP contribution in [0.15, 0.2) is 16.6 Å². The van der Waals surface area contributed by atoms with Gasteiger partial charge < -0.3 is 36.7 Å². The number of nitrogens with two attached hydrogens (primary N) is 3. The number of nitrogens with zero attached hydrogens (tertiary/aromatic N) is 1. The quantitative estimate of drug-likeness (QED) is 0.133. The number of carbonyl (C=O) groups excluding carboxylic acids is 3. The van der Waals surface area contributed by atoms with Gasteiger partial charge in [-0.15, -0.1) is 0 Å². The van der Waals surface area contributed by atoms with E-state index in [1.807, 2.05) is 13.8 Å². The van der Waals surface area contributed by atoms with Crippen LogP contribution in [0, 0.1) is 11.8 Å². The van der Waals surface area contributed by atoms with Crippen molar-refractivity contribution >= 4 is 23.8 Å². The van der Waals surface area contributed by atoms with Crippen molar-refractivity contribution in [3.63, 3.8) is 0 Å². The fourth-order valence-corrected chi connectivity index (χ4v) is 3.59. The van der Waals surface area contributed by atoms with Crippen LogP contribution in [0.4, 0.5) is 0 Å². The summed E-state index contributed by atoms with van der Waals surface area (Å²) < 4.78 is 17.2. The molecule has 11 heteroatoms. The van der Waals surface area contributed by atoms with E-state index in [0.717, 1.165) is 12.8 Å². The molecule has 0 spiro atoms. The van der Waals surface area contributed by atoms with E-state index in [0.29, 0.717) is 0 Å². The van der Waals surface area contributed by atoms with Crippen molar-refractivity contribution in [1.82, 2.24) is 5.32 Å². The van der Waals surface area contributed by atoms with E-state index in [-0.39, 0.29) is 41.8 Å². The molecule has 1 amide bonds. The fourth-order valence-electron chi connectivity index (χ4n) is 3.59. The zero-order chi connectivity index (χ0) is 26.9. The van der Waals surface area contributed by atoms with E-state index in [9.17, 15) is 14.4 Å². The van der Waals surface area contributed by atoms with Crippen LogP contribution in [-0.4, -0.2) is 60.4 Å². The summed E-state index contributed by atoms with van der Waals surface area (Å²) >= 11 is 0. The zero-order valence-electron chi connectivity index (χ0n) is 21.9. The molecule has 2 unspecified atom stereocenters. The minimum absolute atomic E-state index is 0.0920. The van der Waals surface area contributed by atoms with Crippen LogP contribution in [0.1, 0.15) is 67.7 Å². The van der Waals surface area contributed by atoms with Gasteiger partial charge in [-0.25, -0.2) is 9.79 Å². The standard InChI is InChI=1S/C24H43N5O6/c1-8-16(9-2)33-18-11-15(10-17(29-24(26)27)20(18)28-14(7)30)21(31)34-23(13(5)6)35-22(32)19(25)12(3)4/h11-13,16-20,23H,8-10,25H2,1-7H3,(H,28,30)(H4,26,27,29)/t17-,18+,19+,20?,23?/m0/s1. The molecule has 5 atom stereocenters. The SMILES string of the molecule is CCC(CC)O[C@@H]1C=C(C(=O)OC(OC(=O)[C@H](N)C(C)C)C(C)C)C[C@H](N=C(N)N)C1NC(C)=O. The Balaban J connectivity index is 3.26. The second-order valence-electron chi connectivity index (χ2n) is 9.51. The number of amides is 1. The highest BCUT2D eigenvalue weighted by Gasteiger charge is 2.39. The third kappa shape index (κ3) is 9.48. The second-order valence-corrected chi connectivity index (χ2v) is 9.51. The van der Waals surface area contributed by atoms with Crippen LogP contribution < -0.4 is 22.5 Å². The minimum Gasteiger partial charge on any atom is -0.424 e. The second kappa shape index (κ2) is 14.0. The van der Waals surface area contributed by atoms with Gasteiger partial charge in [-0.3, -0.25) is 9.59 Å². The Labute approximate surface area is 208 Å². The predicted octanol–water partition coefficient (Wildman–Crippen LogP) is 1.09. The Morgan fingerprint density at radius 2 is 1.69 bits per heavy atom. The number of rotatable bonds is 12. The van der Waals surface area contributed by atoms with E-state index in [2.05, 4.69) is 10.3 Å². The molecule has 0 aromatic rings. The van der Waals surface area contributed by atoms with E-state index >= 15 is 0 Å². The Bertz CT molecular complexity index is 789. The Morgan fingerprint density at radius 1 is 1.09 bits per heavy atom. The van der Waals surface area contributed by atoms with Crippen molar-refractivity contribution in [2.24, 2.45) is 34.0 Å². The summed E-state index contributed by atoms with van der Waals surface area (Å²) in [6, 6.07) is -2.09. The van der Waals surface area contributed by atoms with Crippen molar-refractivity contribution in [2.75, 3.05) is 0 Å². The van der Waals surface area contributed by atoms with Gasteiger partial charge in [-0.2, -0.15) is 0 Å². The van der Waals surface area contributed by atoms with Gasteiger partial charge in [-0.1, -0.05) is 41.5 Å². The van der Waals surface area contributed by atoms with Crippen LogP contribution in [-0.2, 0) is 28.6 Å². The zero-order valence-corrected chi connectivity index (χ0v) is 21.9. The highest BCUT2D eigenvalue weighted by Crippen LogP contribution is 2.28. The highest BCUT2D eigenvalue weighted by atomic mass is 16.7. The molecule has 0 aromatic carbocycles. The van der Waals surface area contributed by atoms with Crippen LogP contribution in [0.2, 0.25) is 0 Å². The molecule has 0 saturated heterocycles. The maximum Gasteiger partial charge on any atom is 0.336 e. The minimum atomic E-state index is -1.13. The molecule has 200 valence electrons. The molecule has 0 aromatic heterocycles. The van der Waals surface area contributed by atoms with E-state index < -0.39 is 42.5 Å². The number of hydrogen-bond donors (Lipinski definition) is 4. The van der Waals surface area contributed by atoms with Gasteiger partial charge in [0.1, 0.15) is 6.04 Å². The van der Waals surface area contributed by atoms with Crippen LogP contribution >= 0.6 is 0 Å². The highest BCUT2D eigenvalue weighted by molar-refractivity contribution is 5.89. The summed E-state index contributed by atoms with van der Waals surface area (Å²) in [5.74, 6) is -2.26. The fraction of sp³-hybridized carbons (Fsp3) is 0.750. The van der Waals surface area contributed by atoms with Gasteiger partial charge in [0.2, 0.25) is 12.2 Å². The summed E-state index contributed by atoms with van der Waals surface area (Å²) in [5, 5.41) is 2.85. The lowest BCUT2D eigenvalue weighted by molar-refractivity contribution is -0.195. The number of aliphatic imine (C=N–C) groups is 1. The number of hydrogen-bond acceptors (Lipinski definition) is 8. The first kappa shape index (κ1) is 30.4. The Kier molecular flexibility index (Phi) is 12.2. The van der Waals surface area contributed by atoms with Crippen LogP contribution in [0.25, 0.3) is 0 Å². The molecule has 7 N–H and O–H groups in total. The van der Waals surface area contributed by atoms with E-state index in [4.69, 9.17) is 31.4 Å². The number of ether oxygens (including phenoxy) is 3. The maximum absolute atomic E-state index is 13.2. The van der Waals surface area contributed by atoms with Crippen molar-refractivity contribution in [1.29, 1.82) is 0 Å². The molecule has 0 heterocycles. The normalized spacial score (nSPS) is 21.8. The van der Waals surface area contributed by atoms with E-state index in [1.54, 1.807) is 33.8 Å². The molecule has 1 aliphatic rings. The van der Waals surface area contributed by atoms with Gasteiger partial charge in [0.15, 0.2) is 5.96 Å². The molecule has 0 aliphatic heterocycles. The van der Waals surface area contributed by atoms with Gasteiger partial charge >= 0.3 is 11.9 Å². The van der Waals surface area contributed by atoms with Crippen molar-refractivity contribution in [2.45, 2.75) is 104 Å². The molecule has 1 aliphatic carbocycles. The third-order valence-corrected chi connectivity index (χ3v) is 5.76. The van der Waals surface area contributed by atoms with Gasteiger partial charge in [0.05, 0.1) is 24.3 Å². The van der Waals surface area contributed by atoms with Crippen LogP contribution in [0.5, 0.6) is 0 Å². The first-order valence-electron chi connectivity index (χ1n) is 12.2. The molecule has 11 nitrogen and oxygen atoms in total. The van der Waals surface area contributed by atoms with Crippen molar-refractivity contribution in [3.05, 3.63) is 11.6 Å². The summed E-state index contributed by atoms with van der Waals surface area (Å²) in [4.78, 5) is 41.7. The molecule has 1 rings (SSSR count). The average Bonchev–Trinajstić information content (AvgIpc) is 2.76. The average molecular weight is 498 g/mol. The molecule has 35 heavy (non-hydrogen) atoms. The molecular weight excluding hydrogens is 454 g/mol. The summed E-state index contributed by atoms with van der Waals surface area (Å²) in [6.45, 7) is 12.5. The van der Waals surface area contributed by atoms with E-state index in [1.165, 1.54) is 6.92 Å². The van der Waals surface area contributed by atoms with Crippen molar-refractivity contribution < 1.29 is 28.6 Å². The number of esters is 2. The first-order valence-corrected chi connectivity index (χ1v) is 12.2. The molecule has 0 saturated carbocycles. The third-order valence-electron chi connectivity index (χ3n) is 5.76. The predicted molar refractivity (Wildman–Crippen MR) is 133 cm³/mol. The van der Waals surface area contributed by atoms with Gasteiger partial charge in [0, 0.05) is 24.8 Å².